The molecule has 0 fully saturated rings. The van der Waals surface area contributed by atoms with Crippen LogP contribution in [0.2, 0.25) is 0 Å². The minimum Gasteiger partial charge on any atom is -0.265 e. The highest BCUT2D eigenvalue weighted by molar-refractivity contribution is 4.99. The molecule has 0 radical (unpaired) electrons. The Morgan fingerprint density at radius 3 is 3.00 bits per heavy atom. The van der Waals surface area contributed by atoms with Crippen LogP contribution in [0, 0.1) is 12.0 Å². The zero-order chi connectivity index (χ0) is 5.82. The molecular formula is C6H6N2. The number of aromatic nitrogens is 2. The molecule has 0 N–H and O–H groups in total. The summed E-state index contributed by atoms with van der Waals surface area (Å²) in [5, 5.41) is 0. The Hall–Kier alpha value is -1.23. The van der Waals surface area contributed by atoms with Gasteiger partial charge in [-0.2, -0.15) is 0 Å². The number of imidazole rings is 1. The molecule has 0 aliphatic carbocycles. The van der Waals surface area contributed by atoms with E-state index >= 15 is 0 Å². The quantitative estimate of drug-likeness (QED) is 0.445. The van der Waals surface area contributed by atoms with E-state index in [0.29, 0.717) is 0 Å². The van der Waals surface area contributed by atoms with Gasteiger partial charge < -0.3 is 0 Å². The molecule has 40 valence electrons. The Balaban J connectivity index is 2.88. The summed E-state index contributed by atoms with van der Waals surface area (Å²) in [4.78, 5) is 3.80. The fourth-order valence-corrected chi connectivity index (χ4v) is 0.454. The van der Waals surface area contributed by atoms with E-state index in [1.165, 1.54) is 0 Å². The minimum atomic E-state index is 1.66. The SMILES string of the molecule is CC#Cn1ccnc1. The second-order valence-electron chi connectivity index (χ2n) is 1.33. The van der Waals surface area contributed by atoms with Gasteiger partial charge in [-0.3, -0.25) is 4.57 Å². The zero-order valence-electron chi connectivity index (χ0n) is 4.63. The van der Waals surface area contributed by atoms with E-state index in [1.807, 2.05) is 0 Å². The molecule has 2 nitrogen and oxygen atoms in total. The highest BCUT2D eigenvalue weighted by Crippen LogP contribution is 1.77. The Morgan fingerprint density at radius 2 is 2.50 bits per heavy atom. The van der Waals surface area contributed by atoms with Crippen molar-refractivity contribution < 1.29 is 0 Å². The predicted molar refractivity (Wildman–Crippen MR) is 31.1 cm³/mol. The van der Waals surface area contributed by atoms with Crippen molar-refractivity contribution in [2.45, 2.75) is 6.92 Å². The number of nitrogens with zero attached hydrogens (tertiary/aromatic N) is 2. The van der Waals surface area contributed by atoms with E-state index in [0.717, 1.165) is 0 Å². The van der Waals surface area contributed by atoms with Crippen LogP contribution in [0.1, 0.15) is 6.92 Å². The predicted octanol–water partition coefficient (Wildman–Crippen LogP) is 0.712. The monoisotopic (exact) mass is 106 g/mol. The molecule has 1 aromatic rings. The van der Waals surface area contributed by atoms with Crippen molar-refractivity contribution in [1.82, 2.24) is 9.55 Å². The van der Waals surface area contributed by atoms with Crippen molar-refractivity contribution in [1.29, 1.82) is 0 Å². The third kappa shape index (κ3) is 0.881. The Morgan fingerprint density at radius 1 is 1.62 bits per heavy atom. The lowest BCUT2D eigenvalue weighted by Crippen LogP contribution is -1.78. The third-order valence-electron chi connectivity index (χ3n) is 0.745. The van der Waals surface area contributed by atoms with Gasteiger partial charge in [0, 0.05) is 18.4 Å². The summed E-state index contributed by atoms with van der Waals surface area (Å²) in [6.07, 6.45) is 5.16. The molecule has 0 aliphatic rings. The fraction of sp³-hybridized carbons (Fsp3) is 0.167. The van der Waals surface area contributed by atoms with Crippen molar-refractivity contribution in [2.75, 3.05) is 0 Å². The van der Waals surface area contributed by atoms with E-state index in [2.05, 4.69) is 16.9 Å². The molecule has 8 heavy (non-hydrogen) atoms. The van der Waals surface area contributed by atoms with Crippen molar-refractivity contribution in [3.8, 4) is 12.0 Å². The maximum Gasteiger partial charge on any atom is 0.106 e. The molecule has 1 heterocycles. The molecule has 0 aliphatic heterocycles. The van der Waals surface area contributed by atoms with Gasteiger partial charge in [0.2, 0.25) is 0 Å². The summed E-state index contributed by atoms with van der Waals surface area (Å²) in [7, 11) is 0. The maximum atomic E-state index is 3.80. The number of hydrogen-bond acceptors (Lipinski definition) is 1. The van der Waals surface area contributed by atoms with Crippen LogP contribution in [0.3, 0.4) is 0 Å². The van der Waals surface area contributed by atoms with E-state index < -0.39 is 0 Å². The van der Waals surface area contributed by atoms with Crippen LogP contribution in [0.4, 0.5) is 0 Å². The molecule has 0 bridgehead atoms. The summed E-state index contributed by atoms with van der Waals surface area (Å²) < 4.78 is 1.71. The first-order valence-corrected chi connectivity index (χ1v) is 2.34. The van der Waals surface area contributed by atoms with Gasteiger partial charge in [0.05, 0.1) is 0 Å². The summed E-state index contributed by atoms with van der Waals surface area (Å²) in [6.45, 7) is 1.79. The summed E-state index contributed by atoms with van der Waals surface area (Å²) >= 11 is 0. The third-order valence-corrected chi connectivity index (χ3v) is 0.745. The topological polar surface area (TPSA) is 17.8 Å². The lowest BCUT2D eigenvalue weighted by Gasteiger charge is -1.78. The smallest absolute Gasteiger partial charge is 0.106 e. The van der Waals surface area contributed by atoms with Gasteiger partial charge in [0.15, 0.2) is 0 Å². The Kier molecular flexibility index (Phi) is 1.34. The van der Waals surface area contributed by atoms with Gasteiger partial charge >= 0.3 is 0 Å². The molecule has 0 saturated heterocycles. The molecular weight excluding hydrogens is 100 g/mol. The lowest BCUT2D eigenvalue weighted by molar-refractivity contribution is 1.11. The molecule has 1 aromatic heterocycles. The van der Waals surface area contributed by atoms with Gasteiger partial charge in [0.25, 0.3) is 0 Å². The second kappa shape index (κ2) is 2.17. The van der Waals surface area contributed by atoms with Gasteiger partial charge in [-0.05, 0) is 6.92 Å². The van der Waals surface area contributed by atoms with Gasteiger partial charge in [-0.1, -0.05) is 5.92 Å². The van der Waals surface area contributed by atoms with Crippen LogP contribution in [-0.2, 0) is 0 Å². The molecule has 0 unspecified atom stereocenters. The molecule has 0 aromatic carbocycles. The molecule has 0 saturated carbocycles. The van der Waals surface area contributed by atoms with E-state index in [4.69, 9.17) is 0 Å². The van der Waals surface area contributed by atoms with Crippen molar-refractivity contribution in [2.24, 2.45) is 0 Å². The fourth-order valence-electron chi connectivity index (χ4n) is 0.454. The first-order valence-electron chi connectivity index (χ1n) is 2.34. The van der Waals surface area contributed by atoms with Crippen molar-refractivity contribution >= 4 is 0 Å². The standard InChI is InChI=1S/C6H6N2/c1-2-4-8-5-3-7-6-8/h3,5-6H,1H3. The highest BCUT2D eigenvalue weighted by Gasteiger charge is 1.74. The first-order chi connectivity index (χ1) is 3.93. The van der Waals surface area contributed by atoms with Crippen molar-refractivity contribution in [3.63, 3.8) is 0 Å². The second-order valence-corrected chi connectivity index (χ2v) is 1.33. The summed E-state index contributed by atoms with van der Waals surface area (Å²) in [5.74, 6) is 2.74. The van der Waals surface area contributed by atoms with Crippen molar-refractivity contribution in [3.05, 3.63) is 18.7 Å². The zero-order valence-corrected chi connectivity index (χ0v) is 4.63. The normalized spacial score (nSPS) is 7.62. The van der Waals surface area contributed by atoms with Crippen LogP contribution in [0.5, 0.6) is 0 Å². The van der Waals surface area contributed by atoms with Crippen LogP contribution < -0.4 is 0 Å². The summed E-state index contributed by atoms with van der Waals surface area (Å²) in [6, 6.07) is 2.79. The Bertz CT molecular complexity index is 200. The maximum absolute atomic E-state index is 3.80. The van der Waals surface area contributed by atoms with Crippen LogP contribution in [0.25, 0.3) is 0 Å². The van der Waals surface area contributed by atoms with E-state index in [-0.39, 0.29) is 0 Å². The molecule has 0 atom stereocenters. The first kappa shape index (κ1) is 4.92. The van der Waals surface area contributed by atoms with Gasteiger partial charge in [-0.25, -0.2) is 4.98 Å². The summed E-state index contributed by atoms with van der Waals surface area (Å²) in [5.41, 5.74) is 0. The molecule has 0 spiro atoms. The van der Waals surface area contributed by atoms with Gasteiger partial charge in [0.1, 0.15) is 6.33 Å². The highest BCUT2D eigenvalue weighted by atomic mass is 15.0. The number of rotatable bonds is 0. The average Bonchev–Trinajstić information content (AvgIpc) is 2.19. The lowest BCUT2D eigenvalue weighted by atomic mass is 10.8. The molecule has 2 heteroatoms. The minimum absolute atomic E-state index is 1.66. The van der Waals surface area contributed by atoms with E-state index in [9.17, 15) is 0 Å². The molecule has 1 rings (SSSR count). The van der Waals surface area contributed by atoms with Crippen LogP contribution >= 0.6 is 0 Å². The van der Waals surface area contributed by atoms with Gasteiger partial charge in [-0.15, -0.1) is 0 Å². The van der Waals surface area contributed by atoms with Crippen LogP contribution in [-0.4, -0.2) is 9.55 Å². The Labute approximate surface area is 48.2 Å². The van der Waals surface area contributed by atoms with E-state index in [1.54, 1.807) is 30.2 Å². The number of hydrogen-bond donors (Lipinski definition) is 0. The largest absolute Gasteiger partial charge is 0.265 e. The average molecular weight is 106 g/mol. The molecule has 0 amide bonds. The van der Waals surface area contributed by atoms with Crippen LogP contribution in [0.15, 0.2) is 18.7 Å².